The van der Waals surface area contributed by atoms with E-state index in [9.17, 15) is 0 Å². The summed E-state index contributed by atoms with van der Waals surface area (Å²) < 4.78 is 5.81. The molecule has 1 atom stereocenters. The van der Waals surface area contributed by atoms with Crippen LogP contribution in [-0.2, 0) is 6.61 Å². The number of likely N-dealkylation sites (N-methyl/N-ethyl adjacent to an activating group) is 1. The van der Waals surface area contributed by atoms with Crippen LogP contribution in [0.4, 0.5) is 0 Å². The van der Waals surface area contributed by atoms with Crippen molar-refractivity contribution in [2.75, 3.05) is 13.6 Å². The van der Waals surface area contributed by atoms with Gasteiger partial charge in [-0.15, -0.1) is 0 Å². The highest BCUT2D eigenvalue weighted by Crippen LogP contribution is 2.26. The van der Waals surface area contributed by atoms with Gasteiger partial charge in [-0.3, -0.25) is 0 Å². The lowest BCUT2D eigenvalue weighted by molar-refractivity contribution is 0.306. The van der Waals surface area contributed by atoms with Gasteiger partial charge in [0.15, 0.2) is 0 Å². The normalized spacial score (nSPS) is 12.2. The Hall–Kier alpha value is -1.51. The Balaban J connectivity index is 1.99. The molecule has 0 radical (unpaired) electrons. The van der Waals surface area contributed by atoms with Gasteiger partial charge in [-0.2, -0.15) is 0 Å². The topological polar surface area (TPSA) is 21.3 Å². The minimum Gasteiger partial charge on any atom is -0.487 e. The second-order valence-corrected chi connectivity index (χ2v) is 5.83. The standard InChI is InChI=1S/C18H22ClNO/c1-13-4-9-17(19)18(10-13)21-12-15-5-7-16(8-6-15)14(2)11-20-3/h4-10,14,20H,11-12H2,1-3H3. The summed E-state index contributed by atoms with van der Waals surface area (Å²) in [6.07, 6.45) is 0. The van der Waals surface area contributed by atoms with Crippen LogP contribution in [0, 0.1) is 6.92 Å². The van der Waals surface area contributed by atoms with E-state index in [1.54, 1.807) is 0 Å². The molecule has 0 aliphatic heterocycles. The van der Waals surface area contributed by atoms with Crippen LogP contribution in [0.1, 0.15) is 29.5 Å². The number of ether oxygens (including phenoxy) is 1. The first kappa shape index (κ1) is 15.9. The fourth-order valence-electron chi connectivity index (χ4n) is 2.25. The zero-order chi connectivity index (χ0) is 15.2. The molecular weight excluding hydrogens is 282 g/mol. The molecule has 0 aliphatic rings. The number of halogens is 1. The highest BCUT2D eigenvalue weighted by Gasteiger charge is 2.05. The zero-order valence-corrected chi connectivity index (χ0v) is 13.6. The molecule has 112 valence electrons. The van der Waals surface area contributed by atoms with E-state index >= 15 is 0 Å². The van der Waals surface area contributed by atoms with Crippen LogP contribution in [0.25, 0.3) is 0 Å². The van der Waals surface area contributed by atoms with E-state index in [0.717, 1.165) is 23.4 Å². The van der Waals surface area contributed by atoms with Crippen molar-refractivity contribution in [1.82, 2.24) is 5.32 Å². The number of benzene rings is 2. The van der Waals surface area contributed by atoms with Crippen molar-refractivity contribution in [2.45, 2.75) is 26.4 Å². The molecule has 0 saturated heterocycles. The average molecular weight is 304 g/mol. The monoisotopic (exact) mass is 303 g/mol. The van der Waals surface area contributed by atoms with E-state index in [0.29, 0.717) is 17.5 Å². The molecule has 2 aromatic carbocycles. The van der Waals surface area contributed by atoms with Gasteiger partial charge < -0.3 is 10.1 Å². The lowest BCUT2D eigenvalue weighted by atomic mass is 10.00. The second kappa shape index (κ2) is 7.48. The first-order valence-corrected chi connectivity index (χ1v) is 7.60. The number of hydrogen-bond donors (Lipinski definition) is 1. The number of hydrogen-bond acceptors (Lipinski definition) is 2. The van der Waals surface area contributed by atoms with E-state index in [2.05, 4.69) is 36.5 Å². The molecule has 21 heavy (non-hydrogen) atoms. The molecule has 2 nitrogen and oxygen atoms in total. The van der Waals surface area contributed by atoms with Gasteiger partial charge in [0.1, 0.15) is 12.4 Å². The fourth-order valence-corrected chi connectivity index (χ4v) is 2.42. The van der Waals surface area contributed by atoms with Gasteiger partial charge in [-0.25, -0.2) is 0 Å². The molecule has 0 bridgehead atoms. The molecule has 0 amide bonds. The summed E-state index contributed by atoms with van der Waals surface area (Å²) in [5.74, 6) is 1.25. The summed E-state index contributed by atoms with van der Waals surface area (Å²) in [4.78, 5) is 0. The summed E-state index contributed by atoms with van der Waals surface area (Å²) in [7, 11) is 1.98. The maximum Gasteiger partial charge on any atom is 0.138 e. The maximum absolute atomic E-state index is 6.13. The minimum atomic E-state index is 0.510. The smallest absolute Gasteiger partial charge is 0.138 e. The Bertz CT molecular complexity index is 580. The Labute approximate surface area is 132 Å². The third-order valence-electron chi connectivity index (χ3n) is 3.54. The second-order valence-electron chi connectivity index (χ2n) is 5.42. The van der Waals surface area contributed by atoms with Gasteiger partial charge in [0.05, 0.1) is 5.02 Å². The molecule has 0 saturated carbocycles. The predicted octanol–water partition coefficient (Wildman–Crippen LogP) is 4.55. The summed E-state index contributed by atoms with van der Waals surface area (Å²) in [6, 6.07) is 14.4. The lowest BCUT2D eigenvalue weighted by Crippen LogP contribution is -2.14. The van der Waals surface area contributed by atoms with Crippen molar-refractivity contribution >= 4 is 11.6 Å². The van der Waals surface area contributed by atoms with Crippen molar-refractivity contribution in [2.24, 2.45) is 0 Å². The first-order valence-electron chi connectivity index (χ1n) is 7.22. The molecule has 0 fully saturated rings. The van der Waals surface area contributed by atoms with Crippen molar-refractivity contribution in [3.05, 3.63) is 64.2 Å². The summed E-state index contributed by atoms with van der Waals surface area (Å²) >= 11 is 6.13. The van der Waals surface area contributed by atoms with Crippen LogP contribution < -0.4 is 10.1 Å². The molecular formula is C18H22ClNO. The van der Waals surface area contributed by atoms with Gasteiger partial charge in [0, 0.05) is 6.54 Å². The maximum atomic E-state index is 6.13. The Kier molecular flexibility index (Phi) is 5.66. The van der Waals surface area contributed by atoms with Gasteiger partial charge in [-0.05, 0) is 48.7 Å². The number of aryl methyl sites for hydroxylation is 1. The Morgan fingerprint density at radius 2 is 1.86 bits per heavy atom. The first-order chi connectivity index (χ1) is 10.1. The molecule has 0 spiro atoms. The van der Waals surface area contributed by atoms with Crippen LogP contribution in [-0.4, -0.2) is 13.6 Å². The van der Waals surface area contributed by atoms with Crippen LogP contribution >= 0.6 is 11.6 Å². The van der Waals surface area contributed by atoms with E-state index in [1.807, 2.05) is 32.2 Å². The van der Waals surface area contributed by atoms with Crippen LogP contribution in [0.5, 0.6) is 5.75 Å². The largest absolute Gasteiger partial charge is 0.487 e. The highest BCUT2D eigenvalue weighted by molar-refractivity contribution is 6.32. The summed E-state index contributed by atoms with van der Waals surface area (Å²) in [5.41, 5.74) is 3.63. The molecule has 1 N–H and O–H groups in total. The van der Waals surface area contributed by atoms with Gasteiger partial charge in [0.2, 0.25) is 0 Å². The van der Waals surface area contributed by atoms with Gasteiger partial charge in [0.25, 0.3) is 0 Å². The van der Waals surface area contributed by atoms with E-state index in [4.69, 9.17) is 16.3 Å². The molecule has 2 aromatic rings. The summed E-state index contributed by atoms with van der Waals surface area (Å²) in [6.45, 7) is 5.76. The van der Waals surface area contributed by atoms with Crippen LogP contribution in [0.3, 0.4) is 0 Å². The fraction of sp³-hybridized carbons (Fsp3) is 0.333. The average Bonchev–Trinajstić information content (AvgIpc) is 2.49. The third-order valence-corrected chi connectivity index (χ3v) is 3.85. The van der Waals surface area contributed by atoms with Crippen molar-refractivity contribution in [1.29, 1.82) is 0 Å². The predicted molar refractivity (Wildman–Crippen MR) is 89.3 cm³/mol. The summed E-state index contributed by atoms with van der Waals surface area (Å²) in [5, 5.41) is 3.85. The molecule has 2 rings (SSSR count). The third kappa shape index (κ3) is 4.48. The van der Waals surface area contributed by atoms with Gasteiger partial charge >= 0.3 is 0 Å². The lowest BCUT2D eigenvalue weighted by Gasteiger charge is -2.13. The van der Waals surface area contributed by atoms with Crippen LogP contribution in [0.15, 0.2) is 42.5 Å². The Morgan fingerprint density at radius 1 is 1.14 bits per heavy atom. The van der Waals surface area contributed by atoms with Crippen LogP contribution in [0.2, 0.25) is 5.02 Å². The minimum absolute atomic E-state index is 0.510. The highest BCUT2D eigenvalue weighted by atomic mass is 35.5. The number of nitrogens with one attached hydrogen (secondary N) is 1. The molecule has 1 unspecified atom stereocenters. The quantitative estimate of drug-likeness (QED) is 0.845. The van der Waals surface area contributed by atoms with Crippen molar-refractivity contribution in [3.63, 3.8) is 0 Å². The Morgan fingerprint density at radius 3 is 2.52 bits per heavy atom. The molecule has 0 aliphatic carbocycles. The zero-order valence-electron chi connectivity index (χ0n) is 12.8. The van der Waals surface area contributed by atoms with E-state index in [1.165, 1.54) is 5.56 Å². The molecule has 0 heterocycles. The molecule has 0 aromatic heterocycles. The van der Waals surface area contributed by atoms with E-state index < -0.39 is 0 Å². The number of rotatable bonds is 6. The van der Waals surface area contributed by atoms with Gasteiger partial charge in [-0.1, -0.05) is 48.9 Å². The van der Waals surface area contributed by atoms with Crippen molar-refractivity contribution < 1.29 is 4.74 Å². The molecule has 3 heteroatoms. The van der Waals surface area contributed by atoms with E-state index in [-0.39, 0.29) is 0 Å². The van der Waals surface area contributed by atoms with Crippen molar-refractivity contribution in [3.8, 4) is 5.75 Å². The SMILES string of the molecule is CNCC(C)c1ccc(COc2cc(C)ccc2Cl)cc1.